The molecule has 8 heteroatoms. The van der Waals surface area contributed by atoms with E-state index in [0.29, 0.717) is 12.1 Å². The molecule has 3 aromatic rings. The number of hydrogen-bond acceptors (Lipinski definition) is 4. The molecule has 0 aliphatic carbocycles. The van der Waals surface area contributed by atoms with Crippen molar-refractivity contribution in [2.45, 2.75) is 30.2 Å². The van der Waals surface area contributed by atoms with Crippen LogP contribution in [-0.4, -0.2) is 22.0 Å². The van der Waals surface area contributed by atoms with Crippen molar-refractivity contribution in [3.05, 3.63) is 89.0 Å². The molecule has 2 atom stereocenters. The second-order valence-corrected chi connectivity index (χ2v) is 9.12. The fourth-order valence-corrected chi connectivity index (χ4v) is 5.04. The number of pyridine rings is 1. The highest BCUT2D eigenvalue weighted by Gasteiger charge is 2.39. The summed E-state index contributed by atoms with van der Waals surface area (Å²) in [5.41, 5.74) is 2.27. The summed E-state index contributed by atoms with van der Waals surface area (Å²) in [6.45, 7) is 2.29. The van der Waals surface area contributed by atoms with E-state index in [1.54, 1.807) is 36.4 Å². The van der Waals surface area contributed by atoms with Crippen molar-refractivity contribution >= 4 is 40.9 Å². The van der Waals surface area contributed by atoms with Gasteiger partial charge in [-0.15, -0.1) is 11.8 Å². The van der Waals surface area contributed by atoms with Crippen LogP contribution in [0.15, 0.2) is 71.9 Å². The number of nitrogens with zero attached hydrogens (tertiary/aromatic N) is 2. The molecular formula is C24H21ClFN3O2S. The van der Waals surface area contributed by atoms with Crippen LogP contribution in [0.3, 0.4) is 0 Å². The smallest absolute Gasteiger partial charge is 0.241 e. The second-order valence-electron chi connectivity index (χ2n) is 7.53. The second kappa shape index (κ2) is 9.71. The maximum Gasteiger partial charge on any atom is 0.241 e. The summed E-state index contributed by atoms with van der Waals surface area (Å²) in [5, 5.41) is 2.55. The van der Waals surface area contributed by atoms with Gasteiger partial charge in [-0.05, 0) is 41.5 Å². The maximum atomic E-state index is 13.5. The molecule has 5 nitrogen and oxygen atoms in total. The van der Waals surface area contributed by atoms with Gasteiger partial charge in [0.05, 0.1) is 18.2 Å². The first-order chi connectivity index (χ1) is 15.4. The van der Waals surface area contributed by atoms with Crippen molar-refractivity contribution in [3.63, 3.8) is 0 Å². The maximum absolute atomic E-state index is 13.5. The summed E-state index contributed by atoms with van der Waals surface area (Å²) < 4.78 is 13.5. The number of para-hydroxylation sites is 1. The van der Waals surface area contributed by atoms with Crippen LogP contribution in [0.2, 0.25) is 5.02 Å². The highest BCUT2D eigenvalue weighted by atomic mass is 35.5. The van der Waals surface area contributed by atoms with Crippen LogP contribution in [0.5, 0.6) is 0 Å². The monoisotopic (exact) mass is 469 g/mol. The number of fused-ring (bicyclic) bond motifs is 1. The van der Waals surface area contributed by atoms with E-state index >= 15 is 0 Å². The minimum absolute atomic E-state index is 0.182. The molecule has 2 aromatic carbocycles. The molecule has 0 fully saturated rings. The molecule has 0 saturated carbocycles. The highest BCUT2D eigenvalue weighted by molar-refractivity contribution is 8.01. The predicted octanol–water partition coefficient (Wildman–Crippen LogP) is 4.83. The van der Waals surface area contributed by atoms with E-state index in [4.69, 9.17) is 11.6 Å². The molecule has 164 valence electrons. The van der Waals surface area contributed by atoms with Gasteiger partial charge in [-0.2, -0.15) is 0 Å². The molecule has 0 radical (unpaired) electrons. The molecular weight excluding hydrogens is 449 g/mol. The van der Waals surface area contributed by atoms with Crippen LogP contribution in [0.4, 0.5) is 10.1 Å². The van der Waals surface area contributed by atoms with Crippen molar-refractivity contribution < 1.29 is 14.0 Å². The van der Waals surface area contributed by atoms with E-state index in [9.17, 15) is 14.0 Å². The van der Waals surface area contributed by atoms with Gasteiger partial charge in [0, 0.05) is 28.9 Å². The summed E-state index contributed by atoms with van der Waals surface area (Å²) in [5.74, 6) is -1.39. The van der Waals surface area contributed by atoms with Crippen LogP contribution in [-0.2, 0) is 22.7 Å². The summed E-state index contributed by atoms with van der Waals surface area (Å²) in [6, 6.07) is 15.4. The van der Waals surface area contributed by atoms with Crippen LogP contribution in [0, 0.1) is 11.7 Å². The minimum atomic E-state index is -0.599. The van der Waals surface area contributed by atoms with E-state index in [1.807, 2.05) is 30.3 Å². The molecule has 1 N–H and O–H groups in total. The van der Waals surface area contributed by atoms with Crippen molar-refractivity contribution in [3.8, 4) is 0 Å². The Hall–Kier alpha value is -2.90. The van der Waals surface area contributed by atoms with Gasteiger partial charge in [-0.1, -0.05) is 42.8 Å². The van der Waals surface area contributed by atoms with Gasteiger partial charge in [0.1, 0.15) is 11.1 Å². The Morgan fingerprint density at radius 3 is 2.81 bits per heavy atom. The largest absolute Gasteiger partial charge is 0.352 e. The molecule has 2 heterocycles. The van der Waals surface area contributed by atoms with E-state index < -0.39 is 17.0 Å². The molecule has 2 amide bonds. The number of rotatable bonds is 6. The zero-order valence-corrected chi connectivity index (χ0v) is 18.9. The lowest BCUT2D eigenvalue weighted by atomic mass is 10.0. The average Bonchev–Trinajstić information content (AvgIpc) is 2.80. The van der Waals surface area contributed by atoms with Crippen molar-refractivity contribution in [1.82, 2.24) is 10.3 Å². The summed E-state index contributed by atoms with van der Waals surface area (Å²) in [7, 11) is 0. The van der Waals surface area contributed by atoms with Crippen LogP contribution < -0.4 is 10.2 Å². The molecule has 1 aromatic heterocycles. The number of anilines is 1. The minimum Gasteiger partial charge on any atom is -0.352 e. The van der Waals surface area contributed by atoms with Gasteiger partial charge in [-0.3, -0.25) is 14.6 Å². The Morgan fingerprint density at radius 1 is 1.25 bits per heavy atom. The van der Waals surface area contributed by atoms with E-state index in [-0.39, 0.29) is 23.4 Å². The topological polar surface area (TPSA) is 62.3 Å². The van der Waals surface area contributed by atoms with Crippen LogP contribution in [0.1, 0.15) is 18.1 Å². The number of thioether (sulfide) groups is 1. The Morgan fingerprint density at radius 2 is 2.06 bits per heavy atom. The predicted molar refractivity (Wildman–Crippen MR) is 124 cm³/mol. The van der Waals surface area contributed by atoms with E-state index in [2.05, 4.69) is 10.3 Å². The number of hydrogen-bond donors (Lipinski definition) is 1. The average molecular weight is 470 g/mol. The zero-order valence-electron chi connectivity index (χ0n) is 17.3. The fourth-order valence-electron chi connectivity index (χ4n) is 3.53. The Labute approximate surface area is 195 Å². The van der Waals surface area contributed by atoms with Gasteiger partial charge in [0.2, 0.25) is 11.8 Å². The molecule has 1 aliphatic rings. The normalized spacial score (nSPS) is 16.4. The lowest BCUT2D eigenvalue weighted by molar-refractivity contribution is -0.128. The third kappa shape index (κ3) is 4.79. The van der Waals surface area contributed by atoms with Crippen LogP contribution in [0.25, 0.3) is 0 Å². The molecule has 1 aliphatic heterocycles. The first kappa shape index (κ1) is 22.3. The number of aromatic nitrogens is 1. The molecule has 4 rings (SSSR count). The lowest BCUT2D eigenvalue weighted by Crippen LogP contribution is -2.47. The van der Waals surface area contributed by atoms with Crippen molar-refractivity contribution in [2.24, 2.45) is 5.92 Å². The molecule has 0 bridgehead atoms. The number of carbonyl (C=O) groups excluding carboxylic acids is 2. The fraction of sp³-hybridized carbons (Fsp3) is 0.208. The summed E-state index contributed by atoms with van der Waals surface area (Å²) in [4.78, 5) is 32.9. The van der Waals surface area contributed by atoms with Crippen LogP contribution >= 0.6 is 23.4 Å². The number of halogens is 2. The molecule has 0 saturated heterocycles. The number of amides is 2. The SMILES string of the molecule is C[C@H](C(=O)NCc1cccnc1)[C@H]1Sc2ccccc2N(Cc2ccc(F)cc2Cl)C1=O. The molecule has 32 heavy (non-hydrogen) atoms. The van der Waals surface area contributed by atoms with Gasteiger partial charge >= 0.3 is 0 Å². The number of nitrogens with one attached hydrogen (secondary N) is 1. The van der Waals surface area contributed by atoms with Gasteiger partial charge in [0.15, 0.2) is 0 Å². The van der Waals surface area contributed by atoms with Crippen molar-refractivity contribution in [2.75, 3.05) is 4.90 Å². The first-order valence-electron chi connectivity index (χ1n) is 10.1. The Bertz CT molecular complexity index is 1150. The standard InChI is InChI=1S/C24H21ClFN3O2S/c1-15(23(30)28-13-16-5-4-10-27-12-16)22-24(31)29(20-6-2-3-7-21(20)32-22)14-17-8-9-18(26)11-19(17)25/h2-12,15,22H,13-14H2,1H3,(H,28,30)/t15-,22+/m0/s1. The van der Waals surface area contributed by atoms with Crippen molar-refractivity contribution in [1.29, 1.82) is 0 Å². The van der Waals surface area contributed by atoms with Gasteiger partial charge in [0.25, 0.3) is 0 Å². The molecule has 0 spiro atoms. The summed E-state index contributed by atoms with van der Waals surface area (Å²) >= 11 is 7.61. The quantitative estimate of drug-likeness (QED) is 0.561. The van der Waals surface area contributed by atoms with Gasteiger partial charge < -0.3 is 10.2 Å². The number of benzene rings is 2. The highest BCUT2D eigenvalue weighted by Crippen LogP contribution is 2.42. The Balaban J connectivity index is 1.55. The lowest BCUT2D eigenvalue weighted by Gasteiger charge is -2.36. The Kier molecular flexibility index (Phi) is 6.77. The van der Waals surface area contributed by atoms with Gasteiger partial charge in [-0.25, -0.2) is 4.39 Å². The molecule has 0 unspecified atom stereocenters. The first-order valence-corrected chi connectivity index (χ1v) is 11.4. The zero-order chi connectivity index (χ0) is 22.7. The third-order valence-corrected chi connectivity index (χ3v) is 7.14. The number of carbonyl (C=O) groups is 2. The van der Waals surface area contributed by atoms with E-state index in [0.717, 1.165) is 16.1 Å². The third-order valence-electron chi connectivity index (χ3n) is 5.32. The summed E-state index contributed by atoms with van der Waals surface area (Å²) in [6.07, 6.45) is 3.36. The van der Waals surface area contributed by atoms with E-state index in [1.165, 1.54) is 23.9 Å².